The van der Waals surface area contributed by atoms with E-state index in [1.807, 2.05) is 37.0 Å². The van der Waals surface area contributed by atoms with E-state index in [2.05, 4.69) is 21.9 Å². The maximum absolute atomic E-state index is 6.27. The molecule has 0 radical (unpaired) electrons. The van der Waals surface area contributed by atoms with Gasteiger partial charge in [0.2, 0.25) is 0 Å². The number of hydrogen-bond donors (Lipinski definition) is 2. The van der Waals surface area contributed by atoms with E-state index in [1.54, 1.807) is 7.11 Å². The SMILES string of the molecule is CN=C(NCCc1ccc(OC)cc1Cl)NC1CCC(SC)C1.I. The zero-order chi connectivity index (χ0) is 16.7. The molecule has 1 aliphatic carbocycles. The topological polar surface area (TPSA) is 45.7 Å². The number of thioether (sulfide) groups is 1. The lowest BCUT2D eigenvalue weighted by molar-refractivity contribution is 0.414. The molecule has 1 saturated carbocycles. The van der Waals surface area contributed by atoms with E-state index in [9.17, 15) is 0 Å². The largest absolute Gasteiger partial charge is 0.497 e. The molecular weight excluding hydrogens is 457 g/mol. The first-order valence-electron chi connectivity index (χ1n) is 7.98. The van der Waals surface area contributed by atoms with Gasteiger partial charge in [0.25, 0.3) is 0 Å². The van der Waals surface area contributed by atoms with Gasteiger partial charge in [0.05, 0.1) is 7.11 Å². The van der Waals surface area contributed by atoms with Crippen LogP contribution in [-0.4, -0.2) is 44.2 Å². The van der Waals surface area contributed by atoms with Crippen LogP contribution in [0, 0.1) is 0 Å². The number of benzene rings is 1. The minimum atomic E-state index is 0. The molecule has 0 heterocycles. The Balaban J connectivity index is 0.00000288. The standard InChI is InChI=1S/C17H26ClN3OS.HI/c1-19-17(21-13-5-7-15(10-13)23-3)20-9-8-12-4-6-14(22-2)11-16(12)18;/h4,6,11,13,15H,5,7-10H2,1-3H3,(H2,19,20,21);1H. The third-order valence-electron chi connectivity index (χ3n) is 4.23. The van der Waals surface area contributed by atoms with Crippen molar-refractivity contribution >= 4 is 53.3 Å². The summed E-state index contributed by atoms with van der Waals surface area (Å²) in [5.41, 5.74) is 1.11. The normalized spacial score (nSPS) is 20.4. The van der Waals surface area contributed by atoms with E-state index < -0.39 is 0 Å². The molecule has 0 saturated heterocycles. The maximum Gasteiger partial charge on any atom is 0.191 e. The Morgan fingerprint density at radius 2 is 2.21 bits per heavy atom. The Hall–Kier alpha value is -0.340. The molecule has 2 N–H and O–H groups in total. The van der Waals surface area contributed by atoms with Crippen LogP contribution in [-0.2, 0) is 6.42 Å². The molecule has 24 heavy (non-hydrogen) atoms. The summed E-state index contributed by atoms with van der Waals surface area (Å²) in [6.07, 6.45) is 6.76. The fourth-order valence-corrected chi connectivity index (χ4v) is 3.91. The molecule has 0 aliphatic heterocycles. The van der Waals surface area contributed by atoms with E-state index in [1.165, 1.54) is 19.3 Å². The van der Waals surface area contributed by atoms with Crippen LogP contribution in [0.4, 0.5) is 0 Å². The summed E-state index contributed by atoms with van der Waals surface area (Å²) < 4.78 is 5.17. The van der Waals surface area contributed by atoms with Crippen LogP contribution in [0.5, 0.6) is 5.75 Å². The highest BCUT2D eigenvalue weighted by atomic mass is 127. The van der Waals surface area contributed by atoms with Crippen LogP contribution < -0.4 is 15.4 Å². The minimum absolute atomic E-state index is 0. The molecule has 1 fully saturated rings. The van der Waals surface area contributed by atoms with E-state index in [4.69, 9.17) is 16.3 Å². The average molecular weight is 484 g/mol. The Morgan fingerprint density at radius 1 is 1.42 bits per heavy atom. The van der Waals surface area contributed by atoms with Gasteiger partial charge in [-0.25, -0.2) is 0 Å². The lowest BCUT2D eigenvalue weighted by atomic mass is 10.1. The van der Waals surface area contributed by atoms with Gasteiger partial charge < -0.3 is 15.4 Å². The van der Waals surface area contributed by atoms with Gasteiger partial charge in [-0.15, -0.1) is 24.0 Å². The zero-order valence-electron chi connectivity index (χ0n) is 14.5. The predicted octanol–water partition coefficient (Wildman–Crippen LogP) is 3.96. The molecular formula is C17H27ClIN3OS. The molecule has 0 amide bonds. The van der Waals surface area contributed by atoms with E-state index in [0.717, 1.165) is 40.5 Å². The van der Waals surface area contributed by atoms with Crippen molar-refractivity contribution < 1.29 is 4.74 Å². The molecule has 0 aromatic heterocycles. The van der Waals surface area contributed by atoms with Crippen molar-refractivity contribution in [2.24, 2.45) is 4.99 Å². The number of nitrogens with one attached hydrogen (secondary N) is 2. The van der Waals surface area contributed by atoms with Gasteiger partial charge in [0, 0.05) is 29.9 Å². The van der Waals surface area contributed by atoms with Crippen molar-refractivity contribution in [3.05, 3.63) is 28.8 Å². The first kappa shape index (κ1) is 21.7. The Morgan fingerprint density at radius 3 is 2.79 bits per heavy atom. The van der Waals surface area contributed by atoms with E-state index in [0.29, 0.717) is 6.04 Å². The maximum atomic E-state index is 6.27. The first-order valence-corrected chi connectivity index (χ1v) is 9.65. The highest BCUT2D eigenvalue weighted by Gasteiger charge is 2.24. The fourth-order valence-electron chi connectivity index (χ4n) is 2.85. The number of halogens is 2. The molecule has 2 rings (SSSR count). The van der Waals surface area contributed by atoms with Crippen LogP contribution in [0.3, 0.4) is 0 Å². The highest BCUT2D eigenvalue weighted by Crippen LogP contribution is 2.28. The molecule has 1 aromatic rings. The number of rotatable bonds is 6. The average Bonchev–Trinajstić information content (AvgIpc) is 3.02. The zero-order valence-corrected chi connectivity index (χ0v) is 18.4. The smallest absolute Gasteiger partial charge is 0.191 e. The Kier molecular flexibility index (Phi) is 10.2. The monoisotopic (exact) mass is 483 g/mol. The van der Waals surface area contributed by atoms with Gasteiger partial charge in [0.15, 0.2) is 5.96 Å². The lowest BCUT2D eigenvalue weighted by Crippen LogP contribution is -2.43. The van der Waals surface area contributed by atoms with Crippen molar-refractivity contribution in [2.75, 3.05) is 27.0 Å². The molecule has 136 valence electrons. The van der Waals surface area contributed by atoms with E-state index in [-0.39, 0.29) is 24.0 Å². The number of hydrogen-bond acceptors (Lipinski definition) is 3. The summed E-state index contributed by atoms with van der Waals surface area (Å²) in [4.78, 5) is 4.32. The summed E-state index contributed by atoms with van der Waals surface area (Å²) >= 11 is 8.24. The van der Waals surface area contributed by atoms with Crippen LogP contribution in [0.1, 0.15) is 24.8 Å². The number of ether oxygens (including phenoxy) is 1. The summed E-state index contributed by atoms with van der Waals surface area (Å²) in [5, 5.41) is 8.42. The predicted molar refractivity (Wildman–Crippen MR) is 117 cm³/mol. The molecule has 7 heteroatoms. The van der Waals surface area contributed by atoms with Gasteiger partial charge in [-0.2, -0.15) is 11.8 Å². The molecule has 0 bridgehead atoms. The summed E-state index contributed by atoms with van der Waals surface area (Å²) in [5.74, 6) is 1.66. The second-order valence-electron chi connectivity index (χ2n) is 5.72. The lowest BCUT2D eigenvalue weighted by Gasteiger charge is -2.17. The number of methoxy groups -OCH3 is 1. The van der Waals surface area contributed by atoms with Crippen LogP contribution in [0.2, 0.25) is 5.02 Å². The Labute approximate surface area is 171 Å². The second-order valence-corrected chi connectivity index (χ2v) is 7.26. The molecule has 1 aromatic carbocycles. The molecule has 2 unspecified atom stereocenters. The Bertz CT molecular complexity index is 545. The van der Waals surface area contributed by atoms with Gasteiger partial charge in [-0.05, 0) is 49.6 Å². The third kappa shape index (κ3) is 6.52. The number of nitrogens with zero attached hydrogens (tertiary/aromatic N) is 1. The van der Waals surface area contributed by atoms with Gasteiger partial charge in [0.1, 0.15) is 5.75 Å². The summed E-state index contributed by atoms with van der Waals surface area (Å²) in [6, 6.07) is 6.34. The van der Waals surface area contributed by atoms with Crippen molar-refractivity contribution in [1.82, 2.24) is 10.6 Å². The van der Waals surface area contributed by atoms with E-state index >= 15 is 0 Å². The van der Waals surface area contributed by atoms with Crippen LogP contribution in [0.25, 0.3) is 0 Å². The fraction of sp³-hybridized carbons (Fsp3) is 0.588. The van der Waals surface area contributed by atoms with Crippen LogP contribution >= 0.6 is 47.3 Å². The van der Waals surface area contributed by atoms with Crippen molar-refractivity contribution in [2.45, 2.75) is 37.0 Å². The highest BCUT2D eigenvalue weighted by molar-refractivity contribution is 14.0. The summed E-state index contributed by atoms with van der Waals surface area (Å²) in [6.45, 7) is 0.796. The molecule has 0 spiro atoms. The molecule has 1 aliphatic rings. The van der Waals surface area contributed by atoms with Crippen LogP contribution in [0.15, 0.2) is 23.2 Å². The number of aliphatic imine (C=N–C) groups is 1. The van der Waals surface area contributed by atoms with Crippen molar-refractivity contribution in [1.29, 1.82) is 0 Å². The van der Waals surface area contributed by atoms with Crippen molar-refractivity contribution in [3.8, 4) is 5.75 Å². The number of guanidine groups is 1. The first-order chi connectivity index (χ1) is 11.2. The van der Waals surface area contributed by atoms with Crippen molar-refractivity contribution in [3.63, 3.8) is 0 Å². The quantitative estimate of drug-likeness (QED) is 0.365. The minimum Gasteiger partial charge on any atom is -0.497 e. The van der Waals surface area contributed by atoms with Gasteiger partial charge in [-0.1, -0.05) is 17.7 Å². The molecule has 2 atom stereocenters. The molecule has 4 nitrogen and oxygen atoms in total. The third-order valence-corrected chi connectivity index (χ3v) is 5.68. The summed E-state index contributed by atoms with van der Waals surface area (Å²) in [7, 11) is 3.46. The van der Waals surface area contributed by atoms with Gasteiger partial charge >= 0.3 is 0 Å². The van der Waals surface area contributed by atoms with Gasteiger partial charge in [-0.3, -0.25) is 4.99 Å². The second kappa shape index (κ2) is 11.3.